The Morgan fingerprint density at radius 1 is 1.41 bits per heavy atom. The molecule has 0 bridgehead atoms. The van der Waals surface area contributed by atoms with Gasteiger partial charge in [-0.3, -0.25) is 0 Å². The molecule has 0 saturated heterocycles. The van der Waals surface area contributed by atoms with Gasteiger partial charge < -0.3 is 15.8 Å². The number of rotatable bonds is 6. The molecule has 1 rings (SSSR count). The van der Waals surface area contributed by atoms with Crippen molar-refractivity contribution in [1.82, 2.24) is 0 Å². The summed E-state index contributed by atoms with van der Waals surface area (Å²) in [6, 6.07) is 8.44. The first kappa shape index (κ1) is 13.4. The summed E-state index contributed by atoms with van der Waals surface area (Å²) in [7, 11) is 2.08. The van der Waals surface area contributed by atoms with Crippen molar-refractivity contribution in [2.45, 2.75) is 26.2 Å². The lowest BCUT2D eigenvalue weighted by Gasteiger charge is -2.19. The first-order valence-corrected chi connectivity index (χ1v) is 5.87. The fourth-order valence-electron chi connectivity index (χ4n) is 1.70. The molecule has 17 heavy (non-hydrogen) atoms. The maximum absolute atomic E-state index is 8.40. The van der Waals surface area contributed by atoms with Crippen molar-refractivity contribution in [2.75, 3.05) is 18.5 Å². The van der Waals surface area contributed by atoms with Gasteiger partial charge in [-0.05, 0) is 37.5 Å². The van der Waals surface area contributed by atoms with Gasteiger partial charge in [0.2, 0.25) is 0 Å². The molecule has 0 amide bonds. The summed E-state index contributed by atoms with van der Waals surface area (Å²) in [5.41, 5.74) is 7.91. The molecule has 0 heterocycles. The second-order valence-electron chi connectivity index (χ2n) is 4.31. The van der Waals surface area contributed by atoms with Gasteiger partial charge in [0.25, 0.3) is 0 Å². The Balaban J connectivity index is 2.32. The average molecular weight is 235 g/mol. The van der Waals surface area contributed by atoms with Crippen LogP contribution in [0.2, 0.25) is 0 Å². The van der Waals surface area contributed by atoms with Gasteiger partial charge in [-0.25, -0.2) is 0 Å². The highest BCUT2D eigenvalue weighted by Crippen LogP contribution is 2.14. The summed E-state index contributed by atoms with van der Waals surface area (Å²) < 4.78 is 0. The van der Waals surface area contributed by atoms with Gasteiger partial charge in [-0.15, -0.1) is 0 Å². The number of amidine groups is 1. The lowest BCUT2D eigenvalue weighted by molar-refractivity contribution is 0.316. The van der Waals surface area contributed by atoms with E-state index in [-0.39, 0.29) is 0 Å². The number of nitrogens with zero attached hydrogens (tertiary/aromatic N) is 2. The molecule has 4 heteroatoms. The van der Waals surface area contributed by atoms with Crippen LogP contribution in [0.15, 0.2) is 29.4 Å². The number of benzene rings is 1. The number of oxime groups is 1. The third kappa shape index (κ3) is 4.76. The minimum Gasteiger partial charge on any atom is -0.409 e. The van der Waals surface area contributed by atoms with Crippen molar-refractivity contribution < 1.29 is 5.21 Å². The van der Waals surface area contributed by atoms with E-state index >= 15 is 0 Å². The van der Waals surface area contributed by atoms with E-state index in [1.165, 1.54) is 11.3 Å². The van der Waals surface area contributed by atoms with Crippen molar-refractivity contribution in [2.24, 2.45) is 10.9 Å². The van der Waals surface area contributed by atoms with E-state index < -0.39 is 0 Å². The minimum absolute atomic E-state index is 0.309. The van der Waals surface area contributed by atoms with Crippen LogP contribution >= 0.6 is 0 Å². The molecule has 0 fully saturated rings. The van der Waals surface area contributed by atoms with E-state index in [2.05, 4.69) is 48.3 Å². The average Bonchev–Trinajstić information content (AvgIpc) is 2.34. The lowest BCUT2D eigenvalue weighted by atomic mass is 10.2. The first-order valence-electron chi connectivity index (χ1n) is 5.87. The third-order valence-corrected chi connectivity index (χ3v) is 2.75. The van der Waals surface area contributed by atoms with Crippen LogP contribution in [0, 0.1) is 6.92 Å². The van der Waals surface area contributed by atoms with Gasteiger partial charge in [-0.1, -0.05) is 17.3 Å². The molecule has 0 atom stereocenters. The molecule has 0 aromatic heterocycles. The molecule has 0 aliphatic rings. The van der Waals surface area contributed by atoms with Crippen LogP contribution in [0.5, 0.6) is 0 Å². The highest BCUT2D eigenvalue weighted by atomic mass is 16.4. The van der Waals surface area contributed by atoms with Crippen LogP contribution < -0.4 is 10.6 Å². The molecule has 0 unspecified atom stereocenters. The van der Waals surface area contributed by atoms with Crippen LogP contribution in [-0.2, 0) is 0 Å². The van der Waals surface area contributed by atoms with Crippen molar-refractivity contribution in [3.8, 4) is 0 Å². The monoisotopic (exact) mass is 235 g/mol. The summed E-state index contributed by atoms with van der Waals surface area (Å²) in [5.74, 6) is 0.309. The van der Waals surface area contributed by atoms with Gasteiger partial charge >= 0.3 is 0 Å². The van der Waals surface area contributed by atoms with Crippen LogP contribution in [0.4, 0.5) is 5.69 Å². The van der Waals surface area contributed by atoms with Gasteiger partial charge in [0.1, 0.15) is 5.84 Å². The van der Waals surface area contributed by atoms with Gasteiger partial charge in [0.15, 0.2) is 0 Å². The Morgan fingerprint density at radius 3 is 2.82 bits per heavy atom. The van der Waals surface area contributed by atoms with E-state index in [4.69, 9.17) is 10.9 Å². The molecule has 0 aliphatic carbocycles. The van der Waals surface area contributed by atoms with Crippen molar-refractivity contribution in [3.05, 3.63) is 29.8 Å². The van der Waals surface area contributed by atoms with Gasteiger partial charge in [0, 0.05) is 25.7 Å². The largest absolute Gasteiger partial charge is 0.409 e. The van der Waals surface area contributed by atoms with Crippen LogP contribution in [-0.4, -0.2) is 24.6 Å². The molecule has 0 spiro atoms. The van der Waals surface area contributed by atoms with Gasteiger partial charge in [0.05, 0.1) is 0 Å². The van der Waals surface area contributed by atoms with Crippen molar-refractivity contribution >= 4 is 11.5 Å². The summed E-state index contributed by atoms with van der Waals surface area (Å²) in [6.07, 6.45) is 2.62. The van der Waals surface area contributed by atoms with Crippen LogP contribution in [0.3, 0.4) is 0 Å². The van der Waals surface area contributed by atoms with E-state index in [0.717, 1.165) is 19.4 Å². The van der Waals surface area contributed by atoms with E-state index in [9.17, 15) is 0 Å². The first-order chi connectivity index (χ1) is 8.13. The van der Waals surface area contributed by atoms with Crippen molar-refractivity contribution in [3.63, 3.8) is 0 Å². The highest BCUT2D eigenvalue weighted by molar-refractivity contribution is 5.79. The molecule has 0 saturated carbocycles. The number of aryl methyl sites for hydroxylation is 1. The molecule has 1 aromatic carbocycles. The Kier molecular flexibility index (Phi) is 5.33. The molecular formula is C13H21N3O. The normalized spacial score (nSPS) is 11.5. The standard InChI is InChI=1S/C13H21N3O/c1-11-6-5-7-12(10-11)16(2)9-4-3-8-13(14)15-17/h5-7,10,17H,3-4,8-9H2,1-2H3,(H2,14,15). The highest BCUT2D eigenvalue weighted by Gasteiger charge is 2.01. The zero-order valence-electron chi connectivity index (χ0n) is 10.6. The molecule has 1 aromatic rings. The Hall–Kier alpha value is -1.71. The summed E-state index contributed by atoms with van der Waals surface area (Å²) in [5, 5.41) is 11.4. The predicted octanol–water partition coefficient (Wildman–Crippen LogP) is 2.35. The predicted molar refractivity (Wildman–Crippen MR) is 71.7 cm³/mol. The summed E-state index contributed by atoms with van der Waals surface area (Å²) >= 11 is 0. The lowest BCUT2D eigenvalue weighted by Crippen LogP contribution is -2.19. The number of nitrogens with two attached hydrogens (primary N) is 1. The zero-order valence-corrected chi connectivity index (χ0v) is 10.6. The topological polar surface area (TPSA) is 61.8 Å². The van der Waals surface area contributed by atoms with E-state index in [1.54, 1.807) is 0 Å². The summed E-state index contributed by atoms with van der Waals surface area (Å²) in [4.78, 5) is 2.22. The molecule has 0 radical (unpaired) electrons. The quantitative estimate of drug-likeness (QED) is 0.261. The fourth-order valence-corrected chi connectivity index (χ4v) is 1.70. The molecule has 0 aliphatic heterocycles. The smallest absolute Gasteiger partial charge is 0.139 e. The maximum Gasteiger partial charge on any atom is 0.139 e. The van der Waals surface area contributed by atoms with E-state index in [1.807, 2.05) is 0 Å². The van der Waals surface area contributed by atoms with E-state index in [0.29, 0.717) is 12.3 Å². The Morgan fingerprint density at radius 2 is 2.18 bits per heavy atom. The number of hydrogen-bond donors (Lipinski definition) is 2. The molecule has 94 valence electrons. The third-order valence-electron chi connectivity index (χ3n) is 2.75. The maximum atomic E-state index is 8.40. The van der Waals surface area contributed by atoms with Crippen LogP contribution in [0.25, 0.3) is 0 Å². The Labute approximate surface area is 103 Å². The molecular weight excluding hydrogens is 214 g/mol. The Bertz CT molecular complexity index is 377. The second kappa shape index (κ2) is 6.78. The minimum atomic E-state index is 0.309. The number of hydrogen-bond acceptors (Lipinski definition) is 3. The zero-order chi connectivity index (χ0) is 12.7. The number of anilines is 1. The fraction of sp³-hybridized carbons (Fsp3) is 0.462. The number of unbranched alkanes of at least 4 members (excludes halogenated alkanes) is 1. The van der Waals surface area contributed by atoms with Crippen LogP contribution in [0.1, 0.15) is 24.8 Å². The second-order valence-corrected chi connectivity index (χ2v) is 4.31. The SMILES string of the molecule is Cc1cccc(N(C)CCCCC(N)=NO)c1. The molecule has 4 nitrogen and oxygen atoms in total. The summed E-state index contributed by atoms with van der Waals surface area (Å²) in [6.45, 7) is 3.07. The van der Waals surface area contributed by atoms with Gasteiger partial charge in [-0.2, -0.15) is 0 Å². The van der Waals surface area contributed by atoms with Crippen molar-refractivity contribution in [1.29, 1.82) is 0 Å². The molecule has 3 N–H and O–H groups in total.